The summed E-state index contributed by atoms with van der Waals surface area (Å²) in [4.78, 5) is 12.9. The van der Waals surface area contributed by atoms with E-state index in [-0.39, 0.29) is 24.6 Å². The van der Waals surface area contributed by atoms with Crippen molar-refractivity contribution in [2.75, 3.05) is 31.1 Å². The molecule has 1 aliphatic rings. The molecule has 1 heterocycles. The molecule has 3 aromatic carbocycles. The van der Waals surface area contributed by atoms with E-state index < -0.39 is 15.9 Å². The number of nitrogens with zero attached hydrogens (tertiary/aromatic N) is 1. The topological polar surface area (TPSA) is 84.9 Å². The molecule has 0 saturated carbocycles. The molecule has 0 saturated heterocycles. The fourth-order valence-electron chi connectivity index (χ4n) is 3.81. The van der Waals surface area contributed by atoms with Crippen LogP contribution in [-0.2, 0) is 21.2 Å². The van der Waals surface area contributed by atoms with Gasteiger partial charge in [-0.1, -0.05) is 37.3 Å². The fraction of sp³-hybridized carbons (Fsp3) is 0.240. The standard InChI is InChI=1S/C25H26N2O5S/c1-3-18-11-12-23-22(15-18)21-9-4-5-10-24(21)33(29,30)27(23)17-25(28)26-13-14-32-20-8-6-7-19(16-20)31-2/h4-12,15-16H,3,13-14,17H2,1-2H3,(H,26,28). The monoisotopic (exact) mass is 466 g/mol. The van der Waals surface area contributed by atoms with Crippen molar-refractivity contribution in [3.63, 3.8) is 0 Å². The lowest BCUT2D eigenvalue weighted by Crippen LogP contribution is -2.43. The van der Waals surface area contributed by atoms with Gasteiger partial charge in [0.25, 0.3) is 10.0 Å². The van der Waals surface area contributed by atoms with E-state index >= 15 is 0 Å². The Labute approximate surface area is 194 Å². The van der Waals surface area contributed by atoms with Gasteiger partial charge in [-0.15, -0.1) is 0 Å². The van der Waals surface area contributed by atoms with E-state index in [1.54, 1.807) is 43.5 Å². The summed E-state index contributed by atoms with van der Waals surface area (Å²) in [6.07, 6.45) is 0.829. The molecule has 0 radical (unpaired) electrons. The molecule has 0 unspecified atom stereocenters. The first kappa shape index (κ1) is 22.7. The Morgan fingerprint density at radius 1 is 0.970 bits per heavy atom. The zero-order valence-electron chi connectivity index (χ0n) is 18.6. The summed E-state index contributed by atoms with van der Waals surface area (Å²) in [6.45, 7) is 2.22. The van der Waals surface area contributed by atoms with Crippen LogP contribution < -0.4 is 19.1 Å². The second-order valence-electron chi connectivity index (χ2n) is 7.59. The largest absolute Gasteiger partial charge is 0.497 e. The molecule has 0 bridgehead atoms. The van der Waals surface area contributed by atoms with Crippen LogP contribution in [0.15, 0.2) is 71.6 Å². The van der Waals surface area contributed by atoms with E-state index in [1.807, 2.05) is 37.3 Å². The highest BCUT2D eigenvalue weighted by molar-refractivity contribution is 7.93. The molecule has 4 rings (SSSR count). The molecule has 0 aromatic heterocycles. The average molecular weight is 467 g/mol. The molecule has 1 amide bonds. The van der Waals surface area contributed by atoms with Crippen molar-refractivity contribution < 1.29 is 22.7 Å². The number of ether oxygens (including phenoxy) is 2. The number of hydrogen-bond donors (Lipinski definition) is 1. The molecule has 1 N–H and O–H groups in total. The van der Waals surface area contributed by atoms with Gasteiger partial charge < -0.3 is 14.8 Å². The van der Waals surface area contributed by atoms with Gasteiger partial charge in [-0.05, 0) is 42.3 Å². The summed E-state index contributed by atoms with van der Waals surface area (Å²) in [5.74, 6) is 0.897. The summed E-state index contributed by atoms with van der Waals surface area (Å²) in [7, 11) is -2.29. The molecule has 7 nitrogen and oxygen atoms in total. The average Bonchev–Trinajstić information content (AvgIpc) is 2.84. The Bertz CT molecular complexity index is 1270. The van der Waals surface area contributed by atoms with Crippen LogP contribution in [0.1, 0.15) is 12.5 Å². The maximum absolute atomic E-state index is 13.3. The third kappa shape index (κ3) is 4.66. The predicted molar refractivity (Wildman–Crippen MR) is 127 cm³/mol. The van der Waals surface area contributed by atoms with Gasteiger partial charge in [0, 0.05) is 17.2 Å². The van der Waals surface area contributed by atoms with Crippen LogP contribution in [0.2, 0.25) is 0 Å². The highest BCUT2D eigenvalue weighted by Crippen LogP contribution is 2.43. The van der Waals surface area contributed by atoms with Crippen LogP contribution in [0.5, 0.6) is 11.5 Å². The Kier molecular flexibility index (Phi) is 6.55. The number of sulfonamides is 1. The number of methoxy groups -OCH3 is 1. The number of nitrogens with one attached hydrogen (secondary N) is 1. The van der Waals surface area contributed by atoms with E-state index in [2.05, 4.69) is 5.32 Å². The van der Waals surface area contributed by atoms with Crippen LogP contribution in [0.3, 0.4) is 0 Å². The summed E-state index contributed by atoms with van der Waals surface area (Å²) in [6, 6.07) is 19.7. The molecule has 0 atom stereocenters. The number of hydrogen-bond acceptors (Lipinski definition) is 5. The zero-order valence-corrected chi connectivity index (χ0v) is 19.4. The second-order valence-corrected chi connectivity index (χ2v) is 9.42. The number of anilines is 1. The first-order valence-electron chi connectivity index (χ1n) is 10.7. The second kappa shape index (κ2) is 9.54. The Morgan fingerprint density at radius 2 is 1.76 bits per heavy atom. The summed E-state index contributed by atoms with van der Waals surface area (Å²) in [5, 5.41) is 2.74. The number of carbonyl (C=O) groups excluding carboxylic acids is 1. The number of benzene rings is 3. The number of amides is 1. The molecule has 172 valence electrons. The minimum atomic E-state index is -3.86. The molecular weight excluding hydrogens is 440 g/mol. The first-order chi connectivity index (χ1) is 15.9. The van der Waals surface area contributed by atoms with Gasteiger partial charge in [0.2, 0.25) is 5.91 Å². The summed E-state index contributed by atoms with van der Waals surface area (Å²) in [5.41, 5.74) is 3.08. The molecular formula is C25H26N2O5S. The van der Waals surface area contributed by atoms with Crippen LogP contribution in [0, 0.1) is 0 Å². The smallest absolute Gasteiger partial charge is 0.265 e. The zero-order chi connectivity index (χ0) is 23.4. The highest BCUT2D eigenvalue weighted by atomic mass is 32.2. The van der Waals surface area contributed by atoms with Crippen LogP contribution in [-0.4, -0.2) is 41.1 Å². The van der Waals surface area contributed by atoms with Gasteiger partial charge >= 0.3 is 0 Å². The van der Waals surface area contributed by atoms with Crippen molar-refractivity contribution in [1.82, 2.24) is 5.32 Å². The van der Waals surface area contributed by atoms with E-state index in [9.17, 15) is 13.2 Å². The van der Waals surface area contributed by atoms with Gasteiger partial charge in [0.1, 0.15) is 24.7 Å². The van der Waals surface area contributed by atoms with Crippen LogP contribution >= 0.6 is 0 Å². The SMILES string of the molecule is CCc1ccc2c(c1)-c1ccccc1S(=O)(=O)N2CC(=O)NCCOc1cccc(OC)c1. The van der Waals surface area contributed by atoms with Gasteiger partial charge in [-0.2, -0.15) is 0 Å². The first-order valence-corrected chi connectivity index (χ1v) is 12.2. The quantitative estimate of drug-likeness (QED) is 0.513. The van der Waals surface area contributed by atoms with E-state index in [0.29, 0.717) is 22.7 Å². The van der Waals surface area contributed by atoms with Gasteiger partial charge in [-0.25, -0.2) is 8.42 Å². The number of fused-ring (bicyclic) bond motifs is 3. The van der Waals surface area contributed by atoms with Crippen LogP contribution in [0.4, 0.5) is 5.69 Å². The lowest BCUT2D eigenvalue weighted by Gasteiger charge is -2.32. The Balaban J connectivity index is 1.47. The van der Waals surface area contributed by atoms with E-state index in [4.69, 9.17) is 9.47 Å². The molecule has 3 aromatic rings. The fourth-order valence-corrected chi connectivity index (χ4v) is 5.45. The van der Waals surface area contributed by atoms with Crippen LogP contribution in [0.25, 0.3) is 11.1 Å². The van der Waals surface area contributed by atoms with Crippen molar-refractivity contribution >= 4 is 21.6 Å². The predicted octanol–water partition coefficient (Wildman–Crippen LogP) is 3.63. The molecule has 1 aliphatic heterocycles. The number of carbonyl (C=O) groups is 1. The molecule has 8 heteroatoms. The van der Waals surface area contributed by atoms with E-state index in [0.717, 1.165) is 17.5 Å². The third-order valence-corrected chi connectivity index (χ3v) is 7.32. The Hall–Kier alpha value is -3.52. The number of rotatable bonds is 8. The minimum Gasteiger partial charge on any atom is -0.497 e. The van der Waals surface area contributed by atoms with E-state index in [1.165, 1.54) is 4.31 Å². The molecule has 0 spiro atoms. The maximum atomic E-state index is 13.3. The van der Waals surface area contributed by atoms with Gasteiger partial charge in [0.05, 0.1) is 24.2 Å². The lowest BCUT2D eigenvalue weighted by atomic mass is 9.99. The lowest BCUT2D eigenvalue weighted by molar-refractivity contribution is -0.119. The molecule has 0 fully saturated rings. The van der Waals surface area contributed by atoms with Crippen molar-refractivity contribution in [3.8, 4) is 22.6 Å². The van der Waals surface area contributed by atoms with Crippen molar-refractivity contribution in [1.29, 1.82) is 0 Å². The van der Waals surface area contributed by atoms with Gasteiger partial charge in [-0.3, -0.25) is 9.10 Å². The summed E-state index contributed by atoms with van der Waals surface area (Å²) >= 11 is 0. The van der Waals surface area contributed by atoms with Gasteiger partial charge in [0.15, 0.2) is 0 Å². The molecule has 33 heavy (non-hydrogen) atoms. The molecule has 0 aliphatic carbocycles. The Morgan fingerprint density at radius 3 is 2.55 bits per heavy atom. The summed E-state index contributed by atoms with van der Waals surface area (Å²) < 4.78 is 38.7. The van der Waals surface area contributed by atoms with Crippen molar-refractivity contribution in [2.24, 2.45) is 0 Å². The number of aryl methyl sites for hydroxylation is 1. The highest BCUT2D eigenvalue weighted by Gasteiger charge is 2.35. The van der Waals surface area contributed by atoms with Crippen molar-refractivity contribution in [3.05, 3.63) is 72.3 Å². The van der Waals surface area contributed by atoms with Crippen molar-refractivity contribution in [2.45, 2.75) is 18.2 Å². The third-order valence-electron chi connectivity index (χ3n) is 5.50. The maximum Gasteiger partial charge on any atom is 0.265 e. The minimum absolute atomic E-state index is 0.208. The normalized spacial score (nSPS) is 13.6.